The maximum Gasteiger partial charge on any atom is 0.222 e. The van der Waals surface area contributed by atoms with Crippen LogP contribution in [0.3, 0.4) is 0 Å². The molecule has 35 heavy (non-hydrogen) atoms. The predicted molar refractivity (Wildman–Crippen MR) is 139 cm³/mol. The van der Waals surface area contributed by atoms with Crippen molar-refractivity contribution in [2.75, 3.05) is 61.9 Å². The predicted octanol–water partition coefficient (Wildman–Crippen LogP) is 2.14. The fraction of sp³-hybridized carbons (Fsp3) is 0.520. The van der Waals surface area contributed by atoms with Gasteiger partial charge in [0.05, 0.1) is 35.3 Å². The monoisotopic (exact) mass is 480 g/mol. The number of nitrogens with two attached hydrogens (primary N) is 1. The smallest absolute Gasteiger partial charge is 0.222 e. The number of aromatic nitrogens is 4. The van der Waals surface area contributed by atoms with Crippen molar-refractivity contribution >= 4 is 28.5 Å². The second kappa shape index (κ2) is 11.1. The SMILES string of the molecule is CCCC[C@](C)(CO)Nc1nc(N)nc2cc(-c3ccc(N4CCN(CCO)CC4)nc3)ncc12. The zero-order chi connectivity index (χ0) is 24.8. The molecule has 3 aromatic rings. The van der Waals surface area contributed by atoms with Crippen LogP contribution >= 0.6 is 0 Å². The van der Waals surface area contributed by atoms with Crippen LogP contribution in [0.1, 0.15) is 33.1 Å². The number of unbranched alkanes of at least 4 members (excludes halogenated alkanes) is 1. The molecule has 0 amide bonds. The van der Waals surface area contributed by atoms with Crippen LogP contribution in [0.25, 0.3) is 22.2 Å². The molecule has 0 aromatic carbocycles. The van der Waals surface area contributed by atoms with Crippen LogP contribution in [0.4, 0.5) is 17.6 Å². The summed E-state index contributed by atoms with van der Waals surface area (Å²) in [6, 6.07) is 5.93. The summed E-state index contributed by atoms with van der Waals surface area (Å²) in [6.07, 6.45) is 6.43. The molecule has 188 valence electrons. The highest BCUT2D eigenvalue weighted by molar-refractivity contribution is 5.91. The highest BCUT2D eigenvalue weighted by Gasteiger charge is 2.24. The summed E-state index contributed by atoms with van der Waals surface area (Å²) in [5, 5.41) is 23.2. The first-order valence-corrected chi connectivity index (χ1v) is 12.3. The Bertz CT molecular complexity index is 1120. The van der Waals surface area contributed by atoms with Gasteiger partial charge in [0, 0.05) is 50.7 Å². The topological polar surface area (TPSA) is 137 Å². The summed E-state index contributed by atoms with van der Waals surface area (Å²) >= 11 is 0. The van der Waals surface area contributed by atoms with Gasteiger partial charge in [0.25, 0.3) is 0 Å². The van der Waals surface area contributed by atoms with Gasteiger partial charge in [0.2, 0.25) is 5.95 Å². The lowest BCUT2D eigenvalue weighted by atomic mass is 9.95. The number of nitrogens with one attached hydrogen (secondary N) is 1. The van der Waals surface area contributed by atoms with Crippen molar-refractivity contribution < 1.29 is 10.2 Å². The second-order valence-electron chi connectivity index (χ2n) is 9.42. The molecule has 0 unspecified atom stereocenters. The van der Waals surface area contributed by atoms with Gasteiger partial charge < -0.3 is 26.2 Å². The number of anilines is 3. The Balaban J connectivity index is 1.54. The standard InChI is InChI=1S/C25H36N8O2/c1-3-4-7-25(2,17-35)31-23-19-16-27-20(14-21(19)29-24(26)30-23)18-5-6-22(28-15-18)33-10-8-32(9-11-33)12-13-34/h5-6,14-16,34-35H,3-4,7-13,17H2,1-2H3,(H3,26,29,30,31)/t25-/m1/s1. The van der Waals surface area contributed by atoms with Crippen LogP contribution < -0.4 is 16.0 Å². The minimum Gasteiger partial charge on any atom is -0.395 e. The van der Waals surface area contributed by atoms with Crippen molar-refractivity contribution in [1.82, 2.24) is 24.8 Å². The zero-order valence-electron chi connectivity index (χ0n) is 20.6. The number of aliphatic hydroxyl groups is 2. The molecule has 0 saturated carbocycles. The number of hydrogen-bond donors (Lipinski definition) is 4. The minimum absolute atomic E-state index is 0.0155. The van der Waals surface area contributed by atoms with Crippen molar-refractivity contribution in [3.8, 4) is 11.3 Å². The molecular weight excluding hydrogens is 444 g/mol. The molecule has 5 N–H and O–H groups in total. The molecule has 1 fully saturated rings. The third-order valence-corrected chi connectivity index (χ3v) is 6.61. The summed E-state index contributed by atoms with van der Waals surface area (Å²) in [6.45, 7) is 8.61. The summed E-state index contributed by atoms with van der Waals surface area (Å²) in [5.74, 6) is 1.68. The molecule has 3 aromatic heterocycles. The highest BCUT2D eigenvalue weighted by atomic mass is 16.3. The Kier molecular flexibility index (Phi) is 7.94. The first-order chi connectivity index (χ1) is 16.9. The summed E-state index contributed by atoms with van der Waals surface area (Å²) < 4.78 is 0. The van der Waals surface area contributed by atoms with Crippen LogP contribution in [-0.4, -0.2) is 86.5 Å². The summed E-state index contributed by atoms with van der Waals surface area (Å²) in [5.41, 5.74) is 7.85. The van der Waals surface area contributed by atoms with Gasteiger partial charge in [-0.05, 0) is 31.5 Å². The van der Waals surface area contributed by atoms with Crippen LogP contribution in [-0.2, 0) is 0 Å². The fourth-order valence-electron chi connectivity index (χ4n) is 4.40. The van der Waals surface area contributed by atoms with Crippen LogP contribution in [0.2, 0.25) is 0 Å². The van der Waals surface area contributed by atoms with Gasteiger partial charge in [-0.25, -0.2) is 9.97 Å². The van der Waals surface area contributed by atoms with E-state index in [1.165, 1.54) is 0 Å². The maximum atomic E-state index is 9.99. The molecule has 4 rings (SSSR count). The Labute approximate surface area is 206 Å². The Morgan fingerprint density at radius 2 is 1.89 bits per heavy atom. The molecule has 1 aliphatic rings. The largest absolute Gasteiger partial charge is 0.395 e. The number of rotatable bonds is 10. The number of nitrogens with zero attached hydrogens (tertiary/aromatic N) is 6. The van der Waals surface area contributed by atoms with E-state index < -0.39 is 5.54 Å². The van der Waals surface area contributed by atoms with Gasteiger partial charge in [-0.15, -0.1) is 0 Å². The molecule has 1 aliphatic heterocycles. The normalized spacial score (nSPS) is 16.4. The van der Waals surface area contributed by atoms with Crippen molar-refractivity contribution in [2.24, 2.45) is 0 Å². The van der Waals surface area contributed by atoms with E-state index >= 15 is 0 Å². The molecule has 0 aliphatic carbocycles. The summed E-state index contributed by atoms with van der Waals surface area (Å²) in [4.78, 5) is 22.7. The Hall–Kier alpha value is -3.08. The lowest BCUT2D eigenvalue weighted by Gasteiger charge is -2.35. The number of fused-ring (bicyclic) bond motifs is 1. The molecule has 1 atom stereocenters. The molecule has 0 bridgehead atoms. The molecule has 0 spiro atoms. The Morgan fingerprint density at radius 3 is 2.54 bits per heavy atom. The van der Waals surface area contributed by atoms with Gasteiger partial charge >= 0.3 is 0 Å². The van der Waals surface area contributed by atoms with Gasteiger partial charge in [-0.1, -0.05) is 19.8 Å². The van der Waals surface area contributed by atoms with Crippen molar-refractivity contribution in [3.63, 3.8) is 0 Å². The molecule has 10 heteroatoms. The molecule has 0 radical (unpaired) electrons. The van der Waals surface area contributed by atoms with Crippen LogP contribution in [0, 0.1) is 0 Å². The van der Waals surface area contributed by atoms with Crippen molar-refractivity contribution in [1.29, 1.82) is 0 Å². The van der Waals surface area contributed by atoms with Gasteiger partial charge in [-0.3, -0.25) is 9.88 Å². The molecular formula is C25H36N8O2. The van der Waals surface area contributed by atoms with E-state index in [1.807, 2.05) is 31.3 Å². The lowest BCUT2D eigenvalue weighted by Crippen LogP contribution is -2.47. The average Bonchev–Trinajstić information content (AvgIpc) is 2.88. The zero-order valence-corrected chi connectivity index (χ0v) is 20.6. The van der Waals surface area contributed by atoms with E-state index in [2.05, 4.69) is 42.0 Å². The number of nitrogen functional groups attached to an aromatic ring is 1. The number of aliphatic hydroxyl groups excluding tert-OH is 2. The molecule has 10 nitrogen and oxygen atoms in total. The first-order valence-electron chi connectivity index (χ1n) is 12.3. The van der Waals surface area contributed by atoms with Crippen molar-refractivity contribution in [2.45, 2.75) is 38.6 Å². The highest BCUT2D eigenvalue weighted by Crippen LogP contribution is 2.29. The van der Waals surface area contributed by atoms with E-state index in [9.17, 15) is 5.11 Å². The van der Waals surface area contributed by atoms with E-state index in [1.54, 1.807) is 6.20 Å². The maximum absolute atomic E-state index is 9.99. The van der Waals surface area contributed by atoms with Gasteiger partial charge in [0.1, 0.15) is 11.6 Å². The molecule has 4 heterocycles. The first kappa shape index (κ1) is 25.0. The van der Waals surface area contributed by atoms with Gasteiger partial charge in [0.15, 0.2) is 0 Å². The number of β-amino-alcohol motifs (C(OH)–C–C–N with tert-alkyl or cyclic N) is 1. The van der Waals surface area contributed by atoms with Crippen LogP contribution in [0.15, 0.2) is 30.6 Å². The quantitative estimate of drug-likeness (QED) is 0.341. The fourth-order valence-corrected chi connectivity index (χ4v) is 4.40. The average molecular weight is 481 g/mol. The van der Waals surface area contributed by atoms with E-state index in [0.29, 0.717) is 11.3 Å². The summed E-state index contributed by atoms with van der Waals surface area (Å²) in [7, 11) is 0. The van der Waals surface area contributed by atoms with E-state index in [4.69, 9.17) is 10.8 Å². The van der Waals surface area contributed by atoms with E-state index in [0.717, 1.165) is 74.4 Å². The van der Waals surface area contributed by atoms with Crippen LogP contribution in [0.5, 0.6) is 0 Å². The number of piperazine rings is 1. The lowest BCUT2D eigenvalue weighted by molar-refractivity contribution is 0.188. The molecule has 1 saturated heterocycles. The van der Waals surface area contributed by atoms with E-state index in [-0.39, 0.29) is 19.2 Å². The minimum atomic E-state index is -0.508. The van der Waals surface area contributed by atoms with Gasteiger partial charge in [-0.2, -0.15) is 4.98 Å². The second-order valence-corrected chi connectivity index (χ2v) is 9.42. The van der Waals surface area contributed by atoms with Crippen molar-refractivity contribution in [3.05, 3.63) is 30.6 Å². The number of pyridine rings is 2. The third kappa shape index (κ3) is 5.95. The Morgan fingerprint density at radius 1 is 1.09 bits per heavy atom. The number of hydrogen-bond acceptors (Lipinski definition) is 10. The third-order valence-electron chi connectivity index (χ3n) is 6.61.